The van der Waals surface area contributed by atoms with Gasteiger partial charge in [-0.15, -0.1) is 11.3 Å². The van der Waals surface area contributed by atoms with Crippen molar-refractivity contribution in [2.45, 2.75) is 26.3 Å². The van der Waals surface area contributed by atoms with Crippen molar-refractivity contribution in [3.05, 3.63) is 16.1 Å². The number of thiocarbonyl (C=S) groups is 1. The van der Waals surface area contributed by atoms with Crippen molar-refractivity contribution in [2.75, 3.05) is 26.2 Å². The van der Waals surface area contributed by atoms with Gasteiger partial charge in [-0.05, 0) is 13.3 Å². The van der Waals surface area contributed by atoms with Crippen LogP contribution in [0.4, 0.5) is 0 Å². The van der Waals surface area contributed by atoms with Gasteiger partial charge in [-0.3, -0.25) is 9.69 Å². The highest BCUT2D eigenvalue weighted by atomic mass is 32.1. The minimum absolute atomic E-state index is 0.0821. The summed E-state index contributed by atoms with van der Waals surface area (Å²) < 4.78 is 0. The summed E-state index contributed by atoms with van der Waals surface area (Å²) in [5.74, 6) is 0.0821. The largest absolute Gasteiger partial charge is 0.392 e. The Morgan fingerprint density at radius 2 is 2.15 bits per heavy atom. The molecule has 1 atom stereocenters. The number of thiazole rings is 1. The molecule has 0 aliphatic carbocycles. The Morgan fingerprint density at radius 1 is 1.50 bits per heavy atom. The summed E-state index contributed by atoms with van der Waals surface area (Å²) in [7, 11) is 0. The number of rotatable bonds is 4. The second-order valence-electron chi connectivity index (χ2n) is 4.90. The maximum absolute atomic E-state index is 12.3. The summed E-state index contributed by atoms with van der Waals surface area (Å²) in [4.78, 5) is 21.9. The normalized spacial score (nSPS) is 18.0. The molecule has 0 saturated carbocycles. The number of aromatic nitrogens is 1. The standard InChI is InChI=1S/C13H20N4OS2/c1-3-10(12(14)19)16-4-6-17(7-5-16)13(18)11-8-15-9(2)20-11/h8,10H,3-7H2,1-2H3,(H2,14,19). The first-order valence-electron chi connectivity index (χ1n) is 6.78. The van der Waals surface area contributed by atoms with Crippen LogP contribution in [0.15, 0.2) is 6.20 Å². The lowest BCUT2D eigenvalue weighted by Gasteiger charge is -2.38. The second-order valence-corrected chi connectivity index (χ2v) is 6.60. The summed E-state index contributed by atoms with van der Waals surface area (Å²) in [6.07, 6.45) is 2.58. The van der Waals surface area contributed by atoms with Crippen LogP contribution in [-0.4, -0.2) is 57.9 Å². The molecule has 0 spiro atoms. The Balaban J connectivity index is 1.94. The summed E-state index contributed by atoms with van der Waals surface area (Å²) in [5, 5.41) is 0.923. The molecule has 5 nitrogen and oxygen atoms in total. The molecule has 110 valence electrons. The number of amides is 1. The summed E-state index contributed by atoms with van der Waals surface area (Å²) in [5.41, 5.74) is 5.77. The highest BCUT2D eigenvalue weighted by molar-refractivity contribution is 7.80. The molecule has 7 heteroatoms. The lowest BCUT2D eigenvalue weighted by atomic mass is 10.1. The zero-order valence-corrected chi connectivity index (χ0v) is 13.5. The van der Waals surface area contributed by atoms with E-state index in [2.05, 4.69) is 16.8 Å². The van der Waals surface area contributed by atoms with Gasteiger partial charge in [0.05, 0.1) is 22.2 Å². The Bertz CT molecular complexity index is 494. The van der Waals surface area contributed by atoms with E-state index in [0.717, 1.165) is 42.5 Å². The van der Waals surface area contributed by atoms with Gasteiger partial charge in [0, 0.05) is 26.2 Å². The molecule has 1 aromatic rings. The fourth-order valence-corrected chi connectivity index (χ4v) is 3.55. The van der Waals surface area contributed by atoms with E-state index >= 15 is 0 Å². The van der Waals surface area contributed by atoms with Gasteiger partial charge in [0.15, 0.2) is 0 Å². The molecular formula is C13H20N4OS2. The van der Waals surface area contributed by atoms with Gasteiger partial charge in [0.2, 0.25) is 0 Å². The van der Waals surface area contributed by atoms with E-state index in [1.807, 2.05) is 11.8 Å². The molecule has 1 fully saturated rings. The maximum atomic E-state index is 12.3. The fourth-order valence-electron chi connectivity index (χ4n) is 2.49. The number of aryl methyl sites for hydroxylation is 1. The third kappa shape index (κ3) is 3.34. The minimum Gasteiger partial charge on any atom is -0.392 e. The molecular weight excluding hydrogens is 292 g/mol. The van der Waals surface area contributed by atoms with Gasteiger partial charge in [-0.2, -0.15) is 0 Å². The van der Waals surface area contributed by atoms with Gasteiger partial charge in [0.1, 0.15) is 4.88 Å². The summed E-state index contributed by atoms with van der Waals surface area (Å²) in [6, 6.07) is 0.146. The monoisotopic (exact) mass is 312 g/mol. The van der Waals surface area contributed by atoms with Crippen LogP contribution in [0.5, 0.6) is 0 Å². The van der Waals surface area contributed by atoms with Crippen molar-refractivity contribution in [2.24, 2.45) is 5.73 Å². The van der Waals surface area contributed by atoms with Crippen LogP contribution in [0, 0.1) is 6.92 Å². The Kier molecular flexibility index (Phi) is 5.06. The third-order valence-electron chi connectivity index (χ3n) is 3.59. The van der Waals surface area contributed by atoms with Crippen molar-refractivity contribution >= 4 is 34.5 Å². The van der Waals surface area contributed by atoms with E-state index in [1.54, 1.807) is 6.20 Å². The van der Waals surface area contributed by atoms with Crippen LogP contribution in [0.2, 0.25) is 0 Å². The first-order chi connectivity index (χ1) is 9.52. The van der Waals surface area contributed by atoms with Crippen LogP contribution < -0.4 is 5.73 Å². The topological polar surface area (TPSA) is 62.5 Å². The molecule has 1 aromatic heterocycles. The van der Waals surface area contributed by atoms with Gasteiger partial charge in [-0.1, -0.05) is 19.1 Å². The first kappa shape index (κ1) is 15.3. The Hall–Kier alpha value is -1.05. The van der Waals surface area contributed by atoms with E-state index in [0.29, 0.717) is 4.99 Å². The maximum Gasteiger partial charge on any atom is 0.265 e. The van der Waals surface area contributed by atoms with Gasteiger partial charge < -0.3 is 10.6 Å². The highest BCUT2D eigenvalue weighted by Crippen LogP contribution is 2.17. The zero-order chi connectivity index (χ0) is 14.7. The third-order valence-corrected chi connectivity index (χ3v) is 4.76. The van der Waals surface area contributed by atoms with E-state index in [-0.39, 0.29) is 11.9 Å². The van der Waals surface area contributed by atoms with Crippen LogP contribution in [0.3, 0.4) is 0 Å². The van der Waals surface area contributed by atoms with E-state index in [9.17, 15) is 4.79 Å². The van der Waals surface area contributed by atoms with Gasteiger partial charge in [-0.25, -0.2) is 4.98 Å². The number of carbonyl (C=O) groups is 1. The van der Waals surface area contributed by atoms with Crippen molar-refractivity contribution in [3.63, 3.8) is 0 Å². The van der Waals surface area contributed by atoms with Crippen LogP contribution in [0.1, 0.15) is 28.0 Å². The van der Waals surface area contributed by atoms with Crippen molar-refractivity contribution in [3.8, 4) is 0 Å². The van der Waals surface area contributed by atoms with Crippen molar-refractivity contribution in [1.82, 2.24) is 14.8 Å². The Labute approximate surface area is 128 Å². The SMILES string of the molecule is CCC(C(N)=S)N1CCN(C(=O)c2cnc(C)s2)CC1. The molecule has 0 radical (unpaired) electrons. The molecule has 1 amide bonds. The van der Waals surface area contributed by atoms with Gasteiger partial charge >= 0.3 is 0 Å². The number of carbonyl (C=O) groups excluding carboxylic acids is 1. The molecule has 0 bridgehead atoms. The summed E-state index contributed by atoms with van der Waals surface area (Å²) in [6.45, 7) is 7.07. The smallest absolute Gasteiger partial charge is 0.265 e. The highest BCUT2D eigenvalue weighted by Gasteiger charge is 2.27. The average Bonchev–Trinajstić information content (AvgIpc) is 2.86. The Morgan fingerprint density at radius 3 is 2.60 bits per heavy atom. The molecule has 0 aromatic carbocycles. The van der Waals surface area contributed by atoms with E-state index in [4.69, 9.17) is 18.0 Å². The average molecular weight is 312 g/mol. The van der Waals surface area contributed by atoms with Crippen LogP contribution in [0.25, 0.3) is 0 Å². The lowest BCUT2D eigenvalue weighted by molar-refractivity contribution is 0.0616. The quantitative estimate of drug-likeness (QED) is 0.849. The van der Waals surface area contributed by atoms with E-state index in [1.165, 1.54) is 11.3 Å². The number of hydrogen-bond acceptors (Lipinski definition) is 5. The molecule has 20 heavy (non-hydrogen) atoms. The predicted molar refractivity (Wildman–Crippen MR) is 85.2 cm³/mol. The van der Waals surface area contributed by atoms with Crippen LogP contribution >= 0.6 is 23.6 Å². The molecule has 1 saturated heterocycles. The molecule has 1 aliphatic rings. The number of nitrogens with zero attached hydrogens (tertiary/aromatic N) is 3. The zero-order valence-electron chi connectivity index (χ0n) is 11.8. The van der Waals surface area contributed by atoms with Crippen LogP contribution in [-0.2, 0) is 0 Å². The lowest BCUT2D eigenvalue weighted by Crippen LogP contribution is -2.54. The molecule has 2 heterocycles. The minimum atomic E-state index is 0.0821. The van der Waals surface area contributed by atoms with Crippen molar-refractivity contribution < 1.29 is 4.79 Å². The second kappa shape index (κ2) is 6.60. The predicted octanol–water partition coefficient (Wildman–Crippen LogP) is 1.27. The van der Waals surface area contributed by atoms with Crippen molar-refractivity contribution in [1.29, 1.82) is 0 Å². The number of piperazine rings is 1. The molecule has 2 rings (SSSR count). The molecule has 2 N–H and O–H groups in total. The number of hydrogen-bond donors (Lipinski definition) is 1. The molecule has 1 unspecified atom stereocenters. The first-order valence-corrected chi connectivity index (χ1v) is 8.00. The molecule has 1 aliphatic heterocycles. The fraction of sp³-hybridized carbons (Fsp3) is 0.615. The van der Waals surface area contributed by atoms with Gasteiger partial charge in [0.25, 0.3) is 5.91 Å². The number of nitrogens with two attached hydrogens (primary N) is 1. The summed E-state index contributed by atoms with van der Waals surface area (Å²) >= 11 is 6.56. The van der Waals surface area contributed by atoms with E-state index < -0.39 is 0 Å².